The Kier molecular flexibility index (Phi) is 4.26. The van der Waals surface area contributed by atoms with Crippen molar-refractivity contribution in [3.8, 4) is 22.6 Å². The van der Waals surface area contributed by atoms with Crippen LogP contribution in [0.5, 0.6) is 0 Å². The average Bonchev–Trinajstić information content (AvgIpc) is 3.16. The molecule has 0 radical (unpaired) electrons. The van der Waals surface area contributed by atoms with Gasteiger partial charge >= 0.3 is 5.97 Å². The van der Waals surface area contributed by atoms with Gasteiger partial charge in [-0.15, -0.1) is 0 Å². The van der Waals surface area contributed by atoms with Gasteiger partial charge in [-0.3, -0.25) is 0 Å². The maximum atomic E-state index is 11.8. The van der Waals surface area contributed by atoms with E-state index in [4.69, 9.17) is 9.72 Å². The smallest absolute Gasteiger partial charge is 0.354 e. The number of esters is 1. The molecule has 4 rings (SSSR count). The molecule has 0 fully saturated rings. The Balaban J connectivity index is 1.79. The average molecular weight is 355 g/mol. The van der Waals surface area contributed by atoms with E-state index in [-0.39, 0.29) is 5.70 Å². The van der Waals surface area contributed by atoms with Gasteiger partial charge in [0, 0.05) is 23.5 Å². The number of hydrogen-bond donors (Lipinski definition) is 0. The van der Waals surface area contributed by atoms with Crippen molar-refractivity contribution in [2.45, 2.75) is 0 Å². The molecule has 0 unspecified atom stereocenters. The van der Waals surface area contributed by atoms with E-state index in [1.807, 2.05) is 60.7 Å². The first-order valence-electron chi connectivity index (χ1n) is 8.45. The molecule has 2 heterocycles. The summed E-state index contributed by atoms with van der Waals surface area (Å²) in [5.41, 5.74) is 3.85. The molecule has 0 saturated heterocycles. The highest BCUT2D eigenvalue weighted by molar-refractivity contribution is 6.11. The Hall–Kier alpha value is -3.73. The van der Waals surface area contributed by atoms with Crippen LogP contribution in [0.1, 0.15) is 0 Å². The molecule has 0 aliphatic carbocycles. The van der Waals surface area contributed by atoms with Crippen molar-refractivity contribution in [1.82, 2.24) is 14.5 Å². The van der Waals surface area contributed by atoms with E-state index in [9.17, 15) is 4.79 Å². The van der Waals surface area contributed by atoms with Crippen LogP contribution in [0, 0.1) is 0 Å². The second-order valence-corrected chi connectivity index (χ2v) is 6.03. The van der Waals surface area contributed by atoms with Crippen LogP contribution in [-0.2, 0) is 9.53 Å². The molecule has 0 atom stereocenters. The van der Waals surface area contributed by atoms with Gasteiger partial charge in [0.05, 0.1) is 18.3 Å². The van der Waals surface area contributed by atoms with Crippen molar-refractivity contribution in [2.24, 2.45) is 0 Å². The first-order chi connectivity index (χ1) is 13.2. The van der Waals surface area contributed by atoms with E-state index in [1.54, 1.807) is 17.0 Å². The number of carbonyl (C=O) groups is 1. The normalized spacial score (nSPS) is 10.7. The molecule has 27 heavy (non-hydrogen) atoms. The number of aromatic nitrogens is 3. The number of carbonyl (C=O) groups excluding carboxylic acids is 1. The third-order valence-corrected chi connectivity index (χ3v) is 4.39. The SMILES string of the molecule is C=C(C(=O)OC)n1ccc2ccc(-c3nccc(-c4ccccc4)n3)cc21. The highest BCUT2D eigenvalue weighted by atomic mass is 16.5. The number of rotatable bonds is 4. The van der Waals surface area contributed by atoms with Crippen molar-refractivity contribution in [2.75, 3.05) is 7.11 Å². The van der Waals surface area contributed by atoms with Crippen molar-refractivity contribution >= 4 is 22.6 Å². The summed E-state index contributed by atoms with van der Waals surface area (Å²) in [7, 11) is 1.34. The lowest BCUT2D eigenvalue weighted by atomic mass is 10.1. The topological polar surface area (TPSA) is 57.0 Å². The number of fused-ring (bicyclic) bond motifs is 1. The first-order valence-corrected chi connectivity index (χ1v) is 8.45. The van der Waals surface area contributed by atoms with Crippen LogP contribution in [0.3, 0.4) is 0 Å². The highest BCUT2D eigenvalue weighted by Gasteiger charge is 2.13. The molecule has 4 aromatic rings. The third-order valence-electron chi connectivity index (χ3n) is 4.39. The fourth-order valence-electron chi connectivity index (χ4n) is 2.99. The summed E-state index contributed by atoms with van der Waals surface area (Å²) in [5, 5.41) is 0.989. The Morgan fingerprint density at radius 1 is 1.04 bits per heavy atom. The Morgan fingerprint density at radius 3 is 2.63 bits per heavy atom. The largest absolute Gasteiger partial charge is 0.464 e. The highest BCUT2D eigenvalue weighted by Crippen LogP contribution is 2.26. The zero-order valence-corrected chi connectivity index (χ0v) is 14.8. The van der Waals surface area contributed by atoms with Gasteiger partial charge in [-0.25, -0.2) is 14.8 Å². The molecule has 2 aromatic heterocycles. The van der Waals surface area contributed by atoms with Gasteiger partial charge in [0.15, 0.2) is 5.82 Å². The molecule has 132 valence electrons. The van der Waals surface area contributed by atoms with Crippen LogP contribution in [0.15, 0.2) is 79.6 Å². The van der Waals surface area contributed by atoms with Crippen molar-refractivity contribution in [3.05, 3.63) is 79.6 Å². The fourth-order valence-corrected chi connectivity index (χ4v) is 2.99. The van der Waals surface area contributed by atoms with Gasteiger partial charge in [-0.05, 0) is 23.6 Å². The molecule has 0 aliphatic rings. The maximum Gasteiger partial charge on any atom is 0.354 e. The molecule has 2 aromatic carbocycles. The molecule has 0 bridgehead atoms. The standard InChI is InChI=1S/C22H17N3O2/c1-15(22(26)27-2)25-13-11-17-8-9-18(14-20(17)25)21-23-12-10-19(24-21)16-6-4-3-5-7-16/h3-14H,1H2,2H3. The van der Waals surface area contributed by atoms with E-state index in [2.05, 4.69) is 11.6 Å². The number of hydrogen-bond acceptors (Lipinski definition) is 4. The summed E-state index contributed by atoms with van der Waals surface area (Å²) in [5.74, 6) is 0.148. The molecule has 5 nitrogen and oxygen atoms in total. The minimum atomic E-state index is -0.472. The minimum Gasteiger partial charge on any atom is -0.464 e. The second-order valence-electron chi connectivity index (χ2n) is 6.03. The minimum absolute atomic E-state index is 0.253. The number of ether oxygens (including phenoxy) is 1. The molecular weight excluding hydrogens is 338 g/mol. The summed E-state index contributed by atoms with van der Waals surface area (Å²) in [4.78, 5) is 21.0. The maximum absolute atomic E-state index is 11.8. The zero-order chi connectivity index (χ0) is 18.8. The van der Waals surface area contributed by atoms with Crippen LogP contribution in [-0.4, -0.2) is 27.6 Å². The Morgan fingerprint density at radius 2 is 1.85 bits per heavy atom. The fraction of sp³-hybridized carbons (Fsp3) is 0.0455. The summed E-state index contributed by atoms with van der Waals surface area (Å²) in [6.45, 7) is 3.83. The predicted octanol–water partition coefficient (Wildman–Crippen LogP) is 4.41. The van der Waals surface area contributed by atoms with Gasteiger partial charge in [-0.1, -0.05) is 49.0 Å². The molecular formula is C22H17N3O2. The van der Waals surface area contributed by atoms with Gasteiger partial charge < -0.3 is 9.30 Å². The van der Waals surface area contributed by atoms with Crippen LogP contribution in [0.2, 0.25) is 0 Å². The van der Waals surface area contributed by atoms with Crippen LogP contribution in [0.25, 0.3) is 39.2 Å². The zero-order valence-electron chi connectivity index (χ0n) is 14.8. The van der Waals surface area contributed by atoms with E-state index in [0.717, 1.165) is 27.7 Å². The Bertz CT molecular complexity index is 1150. The van der Waals surface area contributed by atoms with Gasteiger partial charge in [0.25, 0.3) is 0 Å². The molecule has 5 heteroatoms. The molecule has 0 amide bonds. The lowest BCUT2D eigenvalue weighted by Crippen LogP contribution is -2.08. The van der Waals surface area contributed by atoms with E-state index in [1.165, 1.54) is 7.11 Å². The lowest BCUT2D eigenvalue weighted by molar-refractivity contribution is -0.134. The van der Waals surface area contributed by atoms with Gasteiger partial charge in [0.2, 0.25) is 0 Å². The molecule has 0 spiro atoms. The van der Waals surface area contributed by atoms with Crippen LogP contribution < -0.4 is 0 Å². The number of benzene rings is 2. The predicted molar refractivity (Wildman–Crippen MR) is 106 cm³/mol. The van der Waals surface area contributed by atoms with Crippen molar-refractivity contribution < 1.29 is 9.53 Å². The molecule has 0 N–H and O–H groups in total. The molecule has 0 aliphatic heterocycles. The van der Waals surface area contributed by atoms with Crippen molar-refractivity contribution in [3.63, 3.8) is 0 Å². The summed E-state index contributed by atoms with van der Waals surface area (Å²) in [6, 6.07) is 19.7. The van der Waals surface area contributed by atoms with E-state index < -0.39 is 5.97 Å². The number of nitrogens with zero attached hydrogens (tertiary/aromatic N) is 3. The van der Waals surface area contributed by atoms with E-state index >= 15 is 0 Å². The second kappa shape index (κ2) is 6.88. The quantitative estimate of drug-likeness (QED) is 0.402. The Labute approximate surface area is 156 Å². The molecule has 0 saturated carbocycles. The van der Waals surface area contributed by atoms with Crippen LogP contribution in [0.4, 0.5) is 0 Å². The lowest BCUT2D eigenvalue weighted by Gasteiger charge is -2.08. The first kappa shape index (κ1) is 16.7. The van der Waals surface area contributed by atoms with Gasteiger partial charge in [0.1, 0.15) is 5.70 Å². The van der Waals surface area contributed by atoms with E-state index in [0.29, 0.717) is 5.82 Å². The number of methoxy groups -OCH3 is 1. The summed E-state index contributed by atoms with van der Waals surface area (Å²) >= 11 is 0. The summed E-state index contributed by atoms with van der Waals surface area (Å²) < 4.78 is 6.49. The van der Waals surface area contributed by atoms with Crippen LogP contribution >= 0.6 is 0 Å². The van der Waals surface area contributed by atoms with Gasteiger partial charge in [-0.2, -0.15) is 0 Å². The van der Waals surface area contributed by atoms with Crippen molar-refractivity contribution in [1.29, 1.82) is 0 Å². The third kappa shape index (κ3) is 3.11. The summed E-state index contributed by atoms with van der Waals surface area (Å²) in [6.07, 6.45) is 3.55. The monoisotopic (exact) mass is 355 g/mol.